The van der Waals surface area contributed by atoms with Crippen LogP contribution in [0.5, 0.6) is 0 Å². The van der Waals surface area contributed by atoms with Crippen molar-refractivity contribution in [2.75, 3.05) is 17.6 Å². The van der Waals surface area contributed by atoms with Gasteiger partial charge in [0.2, 0.25) is 10.0 Å². The molecule has 0 bridgehead atoms. The first-order valence-electron chi connectivity index (χ1n) is 6.89. The van der Waals surface area contributed by atoms with Crippen LogP contribution in [0.1, 0.15) is 13.8 Å². The van der Waals surface area contributed by atoms with Gasteiger partial charge in [0, 0.05) is 25.1 Å². The van der Waals surface area contributed by atoms with Gasteiger partial charge >= 0.3 is 0 Å². The Morgan fingerprint density at radius 1 is 1.36 bits per heavy atom. The zero-order valence-electron chi connectivity index (χ0n) is 12.8. The number of nitrogens with one attached hydrogen (secondary N) is 2. The van der Waals surface area contributed by atoms with Gasteiger partial charge in [-0.25, -0.2) is 8.42 Å². The number of methoxy groups -OCH3 is 1. The van der Waals surface area contributed by atoms with Crippen molar-refractivity contribution in [3.05, 3.63) is 30.7 Å². The minimum absolute atomic E-state index is 0.102. The summed E-state index contributed by atoms with van der Waals surface area (Å²) in [4.78, 5) is 4.05. The molecule has 0 amide bonds. The number of aromatic amines is 1. The van der Waals surface area contributed by atoms with Crippen LogP contribution in [0.25, 0.3) is 11.3 Å². The normalized spacial score (nSPS) is 13.3. The van der Waals surface area contributed by atoms with Gasteiger partial charge in [-0.3, -0.25) is 14.8 Å². The number of aromatic nitrogens is 3. The van der Waals surface area contributed by atoms with Crippen LogP contribution in [0.2, 0.25) is 0 Å². The van der Waals surface area contributed by atoms with E-state index >= 15 is 0 Å². The average Bonchev–Trinajstić information content (AvgIpc) is 2.98. The Kier molecular flexibility index (Phi) is 5.15. The number of hydrogen-bond acceptors (Lipinski definition) is 5. The molecule has 2 aromatic heterocycles. The molecule has 0 aliphatic carbocycles. The van der Waals surface area contributed by atoms with E-state index in [1.807, 2.05) is 13.8 Å². The fourth-order valence-corrected chi connectivity index (χ4v) is 3.54. The van der Waals surface area contributed by atoms with Gasteiger partial charge in [-0.2, -0.15) is 5.10 Å². The van der Waals surface area contributed by atoms with Gasteiger partial charge < -0.3 is 4.74 Å². The Morgan fingerprint density at radius 3 is 2.73 bits per heavy atom. The zero-order valence-corrected chi connectivity index (χ0v) is 13.6. The number of nitrogens with zero attached hydrogens (tertiary/aromatic N) is 2. The quantitative estimate of drug-likeness (QED) is 0.810. The third kappa shape index (κ3) is 4.28. The maximum atomic E-state index is 12.2. The molecule has 0 saturated carbocycles. The second-order valence-corrected chi connectivity index (χ2v) is 7.10. The predicted octanol–water partition coefficient (Wildman–Crippen LogP) is 1.88. The van der Waals surface area contributed by atoms with Crippen LogP contribution >= 0.6 is 0 Å². The summed E-state index contributed by atoms with van der Waals surface area (Å²) in [6.45, 7) is 3.84. The topological polar surface area (TPSA) is 97.0 Å². The van der Waals surface area contributed by atoms with E-state index in [1.165, 1.54) is 13.3 Å². The van der Waals surface area contributed by atoms with Crippen LogP contribution < -0.4 is 4.72 Å². The average molecular weight is 324 g/mol. The molecular weight excluding hydrogens is 304 g/mol. The minimum atomic E-state index is -3.52. The fourth-order valence-electron chi connectivity index (χ4n) is 2.03. The second-order valence-electron chi connectivity index (χ2n) is 5.33. The molecule has 8 heteroatoms. The Bertz CT molecular complexity index is 699. The van der Waals surface area contributed by atoms with E-state index in [1.54, 1.807) is 24.5 Å². The lowest BCUT2D eigenvalue weighted by atomic mass is 10.1. The molecule has 0 radical (unpaired) electrons. The van der Waals surface area contributed by atoms with Gasteiger partial charge in [0.25, 0.3) is 0 Å². The number of hydrogen-bond donors (Lipinski definition) is 2. The lowest BCUT2D eigenvalue weighted by Crippen LogP contribution is -2.31. The number of sulfonamides is 1. The van der Waals surface area contributed by atoms with E-state index in [4.69, 9.17) is 4.74 Å². The Morgan fingerprint density at radius 2 is 2.14 bits per heavy atom. The molecule has 0 saturated heterocycles. The van der Waals surface area contributed by atoms with Crippen LogP contribution in [-0.2, 0) is 14.8 Å². The van der Waals surface area contributed by atoms with Gasteiger partial charge in [-0.05, 0) is 18.1 Å². The van der Waals surface area contributed by atoms with Crippen molar-refractivity contribution in [2.24, 2.45) is 5.92 Å². The van der Waals surface area contributed by atoms with E-state index in [9.17, 15) is 8.42 Å². The molecule has 2 aromatic rings. The van der Waals surface area contributed by atoms with Gasteiger partial charge in [0.05, 0.1) is 29.4 Å². The number of anilines is 1. The molecule has 2 N–H and O–H groups in total. The van der Waals surface area contributed by atoms with Crippen molar-refractivity contribution in [1.29, 1.82) is 0 Å². The molecule has 0 aliphatic rings. The lowest BCUT2D eigenvalue weighted by Gasteiger charge is -2.19. The van der Waals surface area contributed by atoms with Crippen molar-refractivity contribution in [3.63, 3.8) is 0 Å². The zero-order chi connectivity index (χ0) is 16.2. The largest absolute Gasteiger partial charge is 0.380 e. The van der Waals surface area contributed by atoms with E-state index in [2.05, 4.69) is 19.9 Å². The Hall–Kier alpha value is -1.93. The molecule has 1 atom stereocenters. The first-order valence-corrected chi connectivity index (χ1v) is 8.54. The standard InChI is InChI=1S/C14H20N4O3S/c1-10(2)14(21-3)9-22(19,20)18-12-6-11(7-15-8-12)13-4-5-16-17-13/h4-8,10,14,18H,9H2,1-3H3,(H,16,17). The monoisotopic (exact) mass is 324 g/mol. The summed E-state index contributed by atoms with van der Waals surface area (Å²) in [5, 5.41) is 6.68. The highest BCUT2D eigenvalue weighted by atomic mass is 32.2. The van der Waals surface area contributed by atoms with Crippen molar-refractivity contribution in [2.45, 2.75) is 20.0 Å². The van der Waals surface area contributed by atoms with E-state index in [-0.39, 0.29) is 17.8 Å². The van der Waals surface area contributed by atoms with Crippen LogP contribution in [0.3, 0.4) is 0 Å². The molecule has 0 fully saturated rings. The third-order valence-corrected chi connectivity index (χ3v) is 4.57. The first kappa shape index (κ1) is 16.4. The summed E-state index contributed by atoms with van der Waals surface area (Å²) in [7, 11) is -2.00. The van der Waals surface area contributed by atoms with E-state index < -0.39 is 10.0 Å². The molecule has 0 aromatic carbocycles. The van der Waals surface area contributed by atoms with E-state index in [0.717, 1.165) is 11.3 Å². The molecule has 0 spiro atoms. The first-order chi connectivity index (χ1) is 10.4. The molecule has 22 heavy (non-hydrogen) atoms. The number of ether oxygens (including phenoxy) is 1. The molecule has 2 heterocycles. The Balaban J connectivity index is 2.14. The van der Waals surface area contributed by atoms with Gasteiger partial charge in [0.15, 0.2) is 0 Å². The molecule has 2 rings (SSSR count). The molecule has 0 aliphatic heterocycles. The van der Waals surface area contributed by atoms with Crippen LogP contribution in [0, 0.1) is 5.92 Å². The predicted molar refractivity (Wildman–Crippen MR) is 84.9 cm³/mol. The second kappa shape index (κ2) is 6.89. The van der Waals surface area contributed by atoms with Crippen LogP contribution in [0.15, 0.2) is 30.7 Å². The third-order valence-electron chi connectivity index (χ3n) is 3.25. The fraction of sp³-hybridized carbons (Fsp3) is 0.429. The number of pyridine rings is 1. The molecule has 1 unspecified atom stereocenters. The molecule has 120 valence electrons. The van der Waals surface area contributed by atoms with E-state index in [0.29, 0.717) is 5.69 Å². The summed E-state index contributed by atoms with van der Waals surface area (Å²) in [6.07, 6.45) is 4.37. The summed E-state index contributed by atoms with van der Waals surface area (Å²) < 4.78 is 32.2. The van der Waals surface area contributed by atoms with Gasteiger partial charge in [-0.1, -0.05) is 13.8 Å². The highest BCUT2D eigenvalue weighted by Gasteiger charge is 2.22. The lowest BCUT2D eigenvalue weighted by molar-refractivity contribution is 0.0829. The number of rotatable bonds is 7. The molecular formula is C14H20N4O3S. The van der Waals surface area contributed by atoms with Crippen molar-refractivity contribution >= 4 is 15.7 Å². The van der Waals surface area contributed by atoms with Gasteiger partial charge in [0.1, 0.15) is 0 Å². The van der Waals surface area contributed by atoms with Gasteiger partial charge in [-0.15, -0.1) is 0 Å². The summed E-state index contributed by atoms with van der Waals surface area (Å²) in [5.41, 5.74) is 1.93. The highest BCUT2D eigenvalue weighted by molar-refractivity contribution is 7.92. The maximum Gasteiger partial charge on any atom is 0.235 e. The SMILES string of the molecule is COC(CS(=O)(=O)Nc1cncc(-c2ccn[nH]2)c1)C(C)C. The summed E-state index contributed by atoms with van der Waals surface area (Å²) in [6, 6.07) is 3.49. The smallest absolute Gasteiger partial charge is 0.235 e. The van der Waals surface area contributed by atoms with Crippen LogP contribution in [-0.4, -0.2) is 42.6 Å². The van der Waals surface area contributed by atoms with Crippen molar-refractivity contribution < 1.29 is 13.2 Å². The maximum absolute atomic E-state index is 12.2. The summed E-state index contributed by atoms with van der Waals surface area (Å²) >= 11 is 0. The van der Waals surface area contributed by atoms with Crippen LogP contribution in [0.4, 0.5) is 5.69 Å². The Labute approximate surface area is 130 Å². The summed E-state index contributed by atoms with van der Waals surface area (Å²) in [5.74, 6) is 0.00570. The van der Waals surface area contributed by atoms with Crippen molar-refractivity contribution in [1.82, 2.24) is 15.2 Å². The van der Waals surface area contributed by atoms with Crippen molar-refractivity contribution in [3.8, 4) is 11.3 Å². The number of H-pyrrole nitrogens is 1. The highest BCUT2D eigenvalue weighted by Crippen LogP contribution is 2.20. The molecule has 7 nitrogen and oxygen atoms in total. The minimum Gasteiger partial charge on any atom is -0.380 e.